The van der Waals surface area contributed by atoms with E-state index < -0.39 is 11.7 Å². The quantitative estimate of drug-likeness (QED) is 0.746. The third-order valence-electron chi connectivity index (χ3n) is 3.21. The summed E-state index contributed by atoms with van der Waals surface area (Å²) in [6.45, 7) is 1.84. The van der Waals surface area contributed by atoms with Crippen LogP contribution in [0.5, 0.6) is 0 Å². The number of rotatable bonds is 2. The Bertz CT molecular complexity index is 841. The number of nitrogen functional groups attached to an aromatic ring is 1. The fraction of sp³-hybridized carbons (Fsp3) is 0.0625. The number of anilines is 2. The van der Waals surface area contributed by atoms with Crippen LogP contribution >= 0.6 is 11.3 Å². The number of benzene rings is 2. The molecule has 3 aromatic rings. The number of hydrogen-bond donors (Lipinski definition) is 2. The number of carbonyl (C=O) groups is 1. The van der Waals surface area contributed by atoms with Gasteiger partial charge in [0.05, 0.1) is 11.4 Å². The molecule has 1 heterocycles. The standard InChI is InChI=1S/C16H13FN2OS/c1-9-6-7-11(17)12(8-9)19-16(20)15-14(18)10-4-2-3-5-13(10)21-15/h2-8H,18H2,1H3,(H,19,20). The zero-order valence-corrected chi connectivity index (χ0v) is 12.1. The van der Waals surface area contributed by atoms with E-state index in [4.69, 9.17) is 5.73 Å². The Balaban J connectivity index is 1.97. The van der Waals surface area contributed by atoms with Gasteiger partial charge in [-0.1, -0.05) is 24.3 Å². The number of thiophene rings is 1. The fourth-order valence-electron chi connectivity index (χ4n) is 2.15. The van der Waals surface area contributed by atoms with Crippen LogP contribution in [-0.4, -0.2) is 5.91 Å². The highest BCUT2D eigenvalue weighted by Crippen LogP contribution is 2.34. The molecule has 1 aromatic heterocycles. The summed E-state index contributed by atoms with van der Waals surface area (Å²) in [5, 5.41) is 3.43. The summed E-state index contributed by atoms with van der Waals surface area (Å²) >= 11 is 1.30. The molecule has 3 N–H and O–H groups in total. The van der Waals surface area contributed by atoms with E-state index in [1.54, 1.807) is 12.1 Å². The van der Waals surface area contributed by atoms with Crippen LogP contribution in [0.25, 0.3) is 10.1 Å². The van der Waals surface area contributed by atoms with Crippen LogP contribution in [0.3, 0.4) is 0 Å². The maximum atomic E-state index is 13.7. The Morgan fingerprint density at radius 2 is 2.00 bits per heavy atom. The zero-order valence-electron chi connectivity index (χ0n) is 11.3. The van der Waals surface area contributed by atoms with Crippen molar-refractivity contribution < 1.29 is 9.18 Å². The van der Waals surface area contributed by atoms with Gasteiger partial charge in [0, 0.05) is 10.1 Å². The fourth-order valence-corrected chi connectivity index (χ4v) is 3.17. The van der Waals surface area contributed by atoms with Gasteiger partial charge >= 0.3 is 0 Å². The lowest BCUT2D eigenvalue weighted by Crippen LogP contribution is -2.13. The molecule has 2 aromatic carbocycles. The van der Waals surface area contributed by atoms with E-state index in [0.717, 1.165) is 15.6 Å². The van der Waals surface area contributed by atoms with Crippen molar-refractivity contribution in [1.82, 2.24) is 0 Å². The summed E-state index contributed by atoms with van der Waals surface area (Å²) in [5.74, 6) is -0.855. The lowest BCUT2D eigenvalue weighted by molar-refractivity contribution is 0.103. The monoisotopic (exact) mass is 300 g/mol. The number of aryl methyl sites for hydroxylation is 1. The number of amides is 1. The first kappa shape index (κ1) is 13.6. The van der Waals surface area contributed by atoms with E-state index in [1.807, 2.05) is 31.2 Å². The minimum Gasteiger partial charge on any atom is -0.397 e. The highest BCUT2D eigenvalue weighted by Gasteiger charge is 2.17. The minimum absolute atomic E-state index is 0.164. The second kappa shape index (κ2) is 5.18. The summed E-state index contributed by atoms with van der Waals surface area (Å²) < 4.78 is 14.6. The Labute approximate surface area is 125 Å². The van der Waals surface area contributed by atoms with Gasteiger partial charge < -0.3 is 11.1 Å². The van der Waals surface area contributed by atoms with Crippen molar-refractivity contribution in [2.45, 2.75) is 6.92 Å². The molecular formula is C16H13FN2OS. The van der Waals surface area contributed by atoms with Gasteiger partial charge in [-0.3, -0.25) is 4.79 Å². The second-order valence-electron chi connectivity index (χ2n) is 4.78. The lowest BCUT2D eigenvalue weighted by atomic mass is 10.2. The first-order chi connectivity index (χ1) is 10.1. The van der Waals surface area contributed by atoms with Crippen molar-refractivity contribution >= 4 is 38.7 Å². The van der Waals surface area contributed by atoms with E-state index in [-0.39, 0.29) is 5.69 Å². The predicted molar refractivity (Wildman–Crippen MR) is 85.3 cm³/mol. The summed E-state index contributed by atoms with van der Waals surface area (Å²) in [6, 6.07) is 12.1. The Morgan fingerprint density at radius 3 is 2.76 bits per heavy atom. The van der Waals surface area contributed by atoms with Crippen molar-refractivity contribution in [3.8, 4) is 0 Å². The smallest absolute Gasteiger partial charge is 0.267 e. The average Bonchev–Trinajstić information content (AvgIpc) is 2.81. The van der Waals surface area contributed by atoms with Crippen molar-refractivity contribution in [1.29, 1.82) is 0 Å². The normalized spacial score (nSPS) is 10.8. The summed E-state index contributed by atoms with van der Waals surface area (Å²) in [7, 11) is 0. The Morgan fingerprint density at radius 1 is 1.24 bits per heavy atom. The molecule has 21 heavy (non-hydrogen) atoms. The van der Waals surface area contributed by atoms with Gasteiger partial charge in [0.2, 0.25) is 0 Å². The van der Waals surface area contributed by atoms with Crippen LogP contribution in [-0.2, 0) is 0 Å². The largest absolute Gasteiger partial charge is 0.397 e. The van der Waals surface area contributed by atoms with E-state index >= 15 is 0 Å². The predicted octanol–water partition coefficient (Wildman–Crippen LogP) is 4.18. The summed E-state index contributed by atoms with van der Waals surface area (Å²) in [4.78, 5) is 12.7. The third kappa shape index (κ3) is 2.48. The zero-order chi connectivity index (χ0) is 15.0. The topological polar surface area (TPSA) is 55.1 Å². The number of carbonyl (C=O) groups excluding carboxylic acids is 1. The molecule has 0 radical (unpaired) electrons. The number of halogens is 1. The van der Waals surface area contributed by atoms with Crippen molar-refractivity contribution in [3.63, 3.8) is 0 Å². The highest BCUT2D eigenvalue weighted by atomic mass is 32.1. The van der Waals surface area contributed by atoms with Crippen molar-refractivity contribution in [2.75, 3.05) is 11.1 Å². The van der Waals surface area contributed by atoms with Crippen LogP contribution in [0.1, 0.15) is 15.2 Å². The van der Waals surface area contributed by atoms with Crippen LogP contribution in [0.15, 0.2) is 42.5 Å². The summed E-state index contributed by atoms with van der Waals surface area (Å²) in [6.07, 6.45) is 0. The molecule has 0 saturated carbocycles. The minimum atomic E-state index is -0.464. The van der Waals surface area contributed by atoms with Gasteiger partial charge in [-0.25, -0.2) is 4.39 Å². The molecule has 0 bridgehead atoms. The van der Waals surface area contributed by atoms with E-state index in [1.165, 1.54) is 17.4 Å². The number of hydrogen-bond acceptors (Lipinski definition) is 3. The third-order valence-corrected chi connectivity index (χ3v) is 4.40. The van der Waals surface area contributed by atoms with Gasteiger partial charge in [0.25, 0.3) is 5.91 Å². The Kier molecular flexibility index (Phi) is 3.35. The second-order valence-corrected chi connectivity index (χ2v) is 5.83. The van der Waals surface area contributed by atoms with Crippen molar-refractivity contribution in [3.05, 3.63) is 58.7 Å². The van der Waals surface area contributed by atoms with Gasteiger partial charge in [-0.2, -0.15) is 0 Å². The lowest BCUT2D eigenvalue weighted by Gasteiger charge is -2.06. The number of nitrogens with two attached hydrogens (primary N) is 1. The first-order valence-corrected chi connectivity index (χ1v) is 7.22. The molecule has 0 fully saturated rings. The summed E-state index contributed by atoms with van der Waals surface area (Å²) in [5.41, 5.74) is 7.48. The molecular weight excluding hydrogens is 287 g/mol. The van der Waals surface area contributed by atoms with Crippen LogP contribution in [0.2, 0.25) is 0 Å². The molecule has 0 aliphatic carbocycles. The van der Waals surface area contributed by atoms with Crippen LogP contribution in [0, 0.1) is 12.7 Å². The average molecular weight is 300 g/mol. The molecule has 0 unspecified atom stereocenters. The molecule has 5 heteroatoms. The highest BCUT2D eigenvalue weighted by molar-refractivity contribution is 7.21. The van der Waals surface area contributed by atoms with E-state index in [2.05, 4.69) is 5.32 Å². The van der Waals surface area contributed by atoms with Gasteiger partial charge in [0.15, 0.2) is 0 Å². The van der Waals surface area contributed by atoms with Gasteiger partial charge in [-0.05, 0) is 30.7 Å². The first-order valence-electron chi connectivity index (χ1n) is 6.41. The van der Waals surface area contributed by atoms with Crippen LogP contribution < -0.4 is 11.1 Å². The molecule has 1 amide bonds. The van der Waals surface area contributed by atoms with Crippen LogP contribution in [0.4, 0.5) is 15.8 Å². The van der Waals surface area contributed by atoms with Crippen molar-refractivity contribution in [2.24, 2.45) is 0 Å². The number of nitrogens with one attached hydrogen (secondary N) is 1. The Hall–Kier alpha value is -2.40. The van der Waals surface area contributed by atoms with Gasteiger partial charge in [0.1, 0.15) is 10.7 Å². The molecule has 106 valence electrons. The van der Waals surface area contributed by atoms with E-state index in [0.29, 0.717) is 10.6 Å². The van der Waals surface area contributed by atoms with Gasteiger partial charge in [-0.15, -0.1) is 11.3 Å². The molecule has 0 saturated heterocycles. The molecule has 0 spiro atoms. The molecule has 3 rings (SSSR count). The molecule has 0 aliphatic heterocycles. The van der Waals surface area contributed by atoms with E-state index in [9.17, 15) is 9.18 Å². The molecule has 3 nitrogen and oxygen atoms in total. The maximum Gasteiger partial charge on any atom is 0.267 e. The SMILES string of the molecule is Cc1ccc(F)c(NC(=O)c2sc3ccccc3c2N)c1. The number of fused-ring (bicyclic) bond motifs is 1. The molecule has 0 atom stereocenters. The maximum absolute atomic E-state index is 13.7. The molecule has 0 aliphatic rings.